The van der Waals surface area contributed by atoms with Gasteiger partial charge in [-0.3, -0.25) is 0 Å². The Labute approximate surface area is 178 Å². The van der Waals surface area contributed by atoms with Crippen LogP contribution in [0.4, 0.5) is 4.39 Å². The van der Waals surface area contributed by atoms with Crippen molar-refractivity contribution in [2.24, 2.45) is 0 Å². The Morgan fingerprint density at radius 3 is 1.75 bits per heavy atom. The first-order valence-electron chi connectivity index (χ1n) is 10.9. The lowest BCUT2D eigenvalue weighted by Gasteiger charge is -2.33. The molecule has 0 heterocycles. The third-order valence-corrected chi connectivity index (χ3v) is 14.0. The van der Waals surface area contributed by atoms with Crippen LogP contribution >= 0.6 is 18.5 Å². The van der Waals surface area contributed by atoms with Crippen LogP contribution in [0, 0.1) is 5.82 Å². The molecule has 28 heavy (non-hydrogen) atoms. The maximum absolute atomic E-state index is 14.2. The van der Waals surface area contributed by atoms with Gasteiger partial charge >= 0.3 is 0 Å². The van der Waals surface area contributed by atoms with Gasteiger partial charge in [0.15, 0.2) is 0 Å². The molecule has 4 heteroatoms. The highest BCUT2D eigenvalue weighted by Gasteiger charge is 2.33. The van der Waals surface area contributed by atoms with Crippen molar-refractivity contribution in [1.29, 1.82) is 0 Å². The lowest BCUT2D eigenvalue weighted by molar-refractivity contribution is 0.636. The summed E-state index contributed by atoms with van der Waals surface area (Å²) in [6.45, 7) is 6.91. The van der Waals surface area contributed by atoms with Gasteiger partial charge in [0.25, 0.3) is 0 Å². The van der Waals surface area contributed by atoms with E-state index in [9.17, 15) is 4.39 Å². The molecule has 0 aliphatic heterocycles. The number of hydrogen-bond acceptors (Lipinski definition) is 0. The molecule has 1 unspecified atom stereocenters. The van der Waals surface area contributed by atoms with E-state index in [4.69, 9.17) is 11.2 Å². The van der Waals surface area contributed by atoms with Gasteiger partial charge in [-0.15, -0.1) is 0 Å². The number of benzene rings is 2. The lowest BCUT2D eigenvalue weighted by atomic mass is 10.3. The number of halogens is 2. The number of hydrogen-bond donors (Lipinski definition) is 0. The summed E-state index contributed by atoms with van der Waals surface area (Å²) in [5.74, 6) is -0.203. The van der Waals surface area contributed by atoms with Crippen molar-refractivity contribution >= 4 is 42.4 Å². The molecule has 1 atom stereocenters. The lowest BCUT2D eigenvalue weighted by Crippen LogP contribution is -2.47. The predicted octanol–water partition coefficient (Wildman–Crippen LogP) is 7.47. The van der Waals surface area contributed by atoms with Crippen LogP contribution in [0.15, 0.2) is 48.5 Å². The first kappa shape index (κ1) is 23.6. The molecule has 0 aromatic heterocycles. The highest BCUT2D eigenvalue weighted by molar-refractivity contribution is 7.95. The normalized spacial score (nSPS) is 12.9. The van der Waals surface area contributed by atoms with Crippen molar-refractivity contribution < 1.29 is 4.39 Å². The summed E-state index contributed by atoms with van der Waals surface area (Å²) >= 11 is 6.69. The van der Waals surface area contributed by atoms with Gasteiger partial charge in [-0.25, -0.2) is 4.39 Å². The van der Waals surface area contributed by atoms with E-state index in [-0.39, 0.29) is 5.82 Å². The third-order valence-electron chi connectivity index (χ3n) is 5.80. The van der Waals surface area contributed by atoms with Crippen molar-refractivity contribution in [3.63, 3.8) is 0 Å². The molecule has 0 fully saturated rings. The Morgan fingerprint density at radius 2 is 1.29 bits per heavy atom. The van der Waals surface area contributed by atoms with E-state index in [2.05, 4.69) is 45.0 Å². The molecule has 2 aromatic carbocycles. The molecule has 0 spiro atoms. The summed E-state index contributed by atoms with van der Waals surface area (Å²) in [4.78, 5) is 0. The Bertz CT molecular complexity index is 682. The quantitative estimate of drug-likeness (QED) is 0.239. The van der Waals surface area contributed by atoms with E-state index in [0.29, 0.717) is 5.30 Å². The van der Waals surface area contributed by atoms with E-state index in [1.54, 1.807) is 11.3 Å². The zero-order valence-electron chi connectivity index (χ0n) is 17.7. The monoisotopic (exact) mass is 436 g/mol. The molecule has 0 aliphatic rings. The molecule has 2 aromatic rings. The van der Waals surface area contributed by atoms with E-state index in [1.165, 1.54) is 62.7 Å². The molecule has 0 saturated heterocycles. The van der Waals surface area contributed by atoms with Gasteiger partial charge in [0.2, 0.25) is 0 Å². The highest BCUT2D eigenvalue weighted by Crippen LogP contribution is 2.39. The molecule has 0 N–H and O–H groups in total. The molecule has 0 bridgehead atoms. The average Bonchev–Trinajstić information content (AvgIpc) is 2.73. The van der Waals surface area contributed by atoms with Crippen LogP contribution in [-0.2, 0) is 0 Å². The van der Waals surface area contributed by atoms with Crippen LogP contribution in [0.2, 0.25) is 18.1 Å². The summed E-state index contributed by atoms with van der Waals surface area (Å²) in [7, 11) is -2.65. The smallest absolute Gasteiger partial charge is 0.132 e. The molecule has 0 amide bonds. The number of rotatable bonds is 12. The van der Waals surface area contributed by atoms with Gasteiger partial charge in [-0.1, -0.05) is 136 Å². The first-order valence-corrected chi connectivity index (χ1v) is 15.8. The molecule has 0 radical (unpaired) electrons. The Kier molecular flexibility index (Phi) is 10.2. The standard InChI is InChI=1S/C24H35ClFPSi/c1-4-7-18-28(19-8-5-2,20-9-6-3)22-16-14-21(15-17-22)27(25)24-13-11-10-12-23(24)26/h10-17H,4-9,18-20H2,1-3H3. The minimum absolute atomic E-state index is 0.203. The maximum atomic E-state index is 14.2. The summed E-state index contributed by atoms with van der Waals surface area (Å²) < 4.78 is 14.2. The molecule has 0 nitrogen and oxygen atoms in total. The minimum atomic E-state index is -1.49. The average molecular weight is 437 g/mol. The highest BCUT2D eigenvalue weighted by atomic mass is 35.7. The van der Waals surface area contributed by atoms with Gasteiger partial charge in [0.05, 0.1) is 15.3 Å². The Hall–Kier alpha value is -0.693. The molecular formula is C24H35ClFPSi. The zero-order chi connectivity index (χ0) is 20.4. The second-order valence-electron chi connectivity index (χ2n) is 7.87. The third kappa shape index (κ3) is 6.15. The van der Waals surface area contributed by atoms with Crippen LogP contribution in [0.1, 0.15) is 59.3 Å². The summed E-state index contributed by atoms with van der Waals surface area (Å²) in [6, 6.07) is 20.1. The van der Waals surface area contributed by atoms with Crippen LogP contribution in [-0.4, -0.2) is 8.07 Å². The van der Waals surface area contributed by atoms with Crippen LogP contribution in [0.25, 0.3) is 0 Å². The molecule has 0 saturated carbocycles. The fourth-order valence-electron chi connectivity index (χ4n) is 4.05. The van der Waals surface area contributed by atoms with Crippen molar-refractivity contribution in [2.45, 2.75) is 77.4 Å². The van der Waals surface area contributed by atoms with Crippen LogP contribution in [0.5, 0.6) is 0 Å². The summed E-state index contributed by atoms with van der Waals surface area (Å²) in [5.41, 5.74) is 0. The van der Waals surface area contributed by atoms with E-state index in [1.807, 2.05) is 12.1 Å². The Balaban J connectivity index is 2.31. The molecular weight excluding hydrogens is 402 g/mol. The van der Waals surface area contributed by atoms with Crippen molar-refractivity contribution in [3.8, 4) is 0 Å². The SMILES string of the molecule is CCCC[Si](CCCC)(CCCC)c1ccc(P(Cl)c2ccccc2F)cc1. The second-order valence-corrected chi connectivity index (χ2v) is 15.1. The van der Waals surface area contributed by atoms with Crippen molar-refractivity contribution in [3.05, 3.63) is 54.3 Å². The van der Waals surface area contributed by atoms with E-state index < -0.39 is 15.3 Å². The van der Waals surface area contributed by atoms with Crippen LogP contribution in [0.3, 0.4) is 0 Å². The van der Waals surface area contributed by atoms with Gasteiger partial charge in [-0.2, -0.15) is 0 Å². The maximum Gasteiger partial charge on any atom is 0.132 e. The first-order chi connectivity index (χ1) is 13.6. The van der Waals surface area contributed by atoms with E-state index in [0.717, 1.165) is 5.30 Å². The van der Waals surface area contributed by atoms with Gasteiger partial charge in [0.1, 0.15) is 5.82 Å². The second kappa shape index (κ2) is 12.1. The molecule has 2 rings (SSSR count). The van der Waals surface area contributed by atoms with Crippen molar-refractivity contribution in [2.75, 3.05) is 0 Å². The summed E-state index contributed by atoms with van der Waals surface area (Å²) in [5, 5.41) is 3.26. The van der Waals surface area contributed by atoms with Gasteiger partial charge in [-0.05, 0) is 11.4 Å². The fourth-order valence-corrected chi connectivity index (χ4v) is 11.5. The molecule has 154 valence electrons. The van der Waals surface area contributed by atoms with Crippen molar-refractivity contribution in [1.82, 2.24) is 0 Å². The zero-order valence-corrected chi connectivity index (χ0v) is 20.3. The predicted molar refractivity (Wildman–Crippen MR) is 129 cm³/mol. The van der Waals surface area contributed by atoms with Crippen LogP contribution < -0.4 is 15.8 Å². The largest absolute Gasteiger partial charge is 0.206 e. The fraction of sp³-hybridized carbons (Fsp3) is 0.500. The molecule has 0 aliphatic carbocycles. The Morgan fingerprint density at radius 1 is 0.786 bits per heavy atom. The topological polar surface area (TPSA) is 0 Å². The summed E-state index contributed by atoms with van der Waals surface area (Å²) in [6.07, 6.45) is 7.80. The minimum Gasteiger partial charge on any atom is -0.206 e. The van der Waals surface area contributed by atoms with Gasteiger partial charge < -0.3 is 0 Å². The van der Waals surface area contributed by atoms with E-state index >= 15 is 0 Å². The van der Waals surface area contributed by atoms with Gasteiger partial charge in [0, 0.05) is 5.30 Å². The number of unbranched alkanes of at least 4 members (excludes halogenated alkanes) is 3.